The predicted octanol–water partition coefficient (Wildman–Crippen LogP) is 4.66. The van der Waals surface area contributed by atoms with Gasteiger partial charge in [0.05, 0.1) is 11.1 Å². The second-order valence-electron chi connectivity index (χ2n) is 4.87. The Hall–Kier alpha value is -1.78. The zero-order valence-corrected chi connectivity index (χ0v) is 11.4. The molecular weight excluding hydrogens is 267 g/mol. The van der Waals surface area contributed by atoms with Gasteiger partial charge in [0.15, 0.2) is 0 Å². The fourth-order valence-electron chi connectivity index (χ4n) is 2.36. The summed E-state index contributed by atoms with van der Waals surface area (Å²) in [5, 5.41) is 0.459. The molecule has 0 aliphatic carbocycles. The molecule has 1 aromatic heterocycles. The van der Waals surface area contributed by atoms with Crippen LogP contribution in [-0.2, 0) is 12.6 Å². The van der Waals surface area contributed by atoms with Crippen LogP contribution in [0.4, 0.5) is 13.2 Å². The number of aryl methyl sites for hydroxylation is 1. The molecule has 0 bridgehead atoms. The van der Waals surface area contributed by atoms with Crippen LogP contribution in [0.25, 0.3) is 10.9 Å². The molecule has 5 heteroatoms. The monoisotopic (exact) mass is 283 g/mol. The van der Waals surface area contributed by atoms with Crippen molar-refractivity contribution in [2.24, 2.45) is 0 Å². The number of halogens is 3. The summed E-state index contributed by atoms with van der Waals surface area (Å²) < 4.78 is 39.6. The molecule has 1 aromatic carbocycles. The SMILES string of the molecule is CCCCc1cc2cc(C(F)(F)F)ccc2n1C(C)=O. The molecule has 0 unspecified atom stereocenters. The van der Waals surface area contributed by atoms with Crippen molar-refractivity contribution in [3.05, 3.63) is 35.5 Å². The highest BCUT2D eigenvalue weighted by molar-refractivity contribution is 5.93. The summed E-state index contributed by atoms with van der Waals surface area (Å²) in [7, 11) is 0. The van der Waals surface area contributed by atoms with Gasteiger partial charge in [0.2, 0.25) is 5.91 Å². The molecule has 0 radical (unpaired) electrons. The molecule has 108 valence electrons. The summed E-state index contributed by atoms with van der Waals surface area (Å²) in [5.74, 6) is -0.175. The highest BCUT2D eigenvalue weighted by atomic mass is 19.4. The van der Waals surface area contributed by atoms with E-state index < -0.39 is 11.7 Å². The van der Waals surface area contributed by atoms with Gasteiger partial charge in [0.25, 0.3) is 0 Å². The fourth-order valence-corrected chi connectivity index (χ4v) is 2.36. The third kappa shape index (κ3) is 2.71. The average Bonchev–Trinajstić information content (AvgIpc) is 2.72. The van der Waals surface area contributed by atoms with E-state index in [9.17, 15) is 18.0 Å². The Balaban J connectivity index is 2.58. The summed E-state index contributed by atoms with van der Waals surface area (Å²) in [6.07, 6.45) is -1.81. The summed E-state index contributed by atoms with van der Waals surface area (Å²) >= 11 is 0. The van der Waals surface area contributed by atoms with E-state index in [1.54, 1.807) is 6.07 Å². The number of hydrogen-bond acceptors (Lipinski definition) is 1. The largest absolute Gasteiger partial charge is 0.416 e. The van der Waals surface area contributed by atoms with E-state index in [0.717, 1.165) is 30.7 Å². The average molecular weight is 283 g/mol. The molecular formula is C15H16F3NO. The van der Waals surface area contributed by atoms with Crippen LogP contribution in [0.5, 0.6) is 0 Å². The van der Waals surface area contributed by atoms with Gasteiger partial charge in [0.1, 0.15) is 0 Å². The van der Waals surface area contributed by atoms with Gasteiger partial charge in [-0.2, -0.15) is 13.2 Å². The van der Waals surface area contributed by atoms with Crippen molar-refractivity contribution < 1.29 is 18.0 Å². The van der Waals surface area contributed by atoms with E-state index in [1.165, 1.54) is 17.6 Å². The minimum Gasteiger partial charge on any atom is -0.284 e. The Kier molecular flexibility index (Phi) is 3.88. The molecule has 2 rings (SSSR count). The molecule has 0 fully saturated rings. The van der Waals surface area contributed by atoms with Crippen LogP contribution >= 0.6 is 0 Å². The lowest BCUT2D eigenvalue weighted by Crippen LogP contribution is -2.09. The molecule has 0 N–H and O–H groups in total. The zero-order valence-electron chi connectivity index (χ0n) is 11.4. The first-order valence-electron chi connectivity index (χ1n) is 6.57. The Morgan fingerprint density at radius 2 is 1.95 bits per heavy atom. The van der Waals surface area contributed by atoms with Crippen molar-refractivity contribution in [3.8, 4) is 0 Å². The van der Waals surface area contributed by atoms with E-state index in [-0.39, 0.29) is 5.91 Å². The number of unbranched alkanes of at least 4 members (excludes halogenated alkanes) is 1. The lowest BCUT2D eigenvalue weighted by atomic mass is 10.1. The van der Waals surface area contributed by atoms with E-state index in [2.05, 4.69) is 0 Å². The number of rotatable bonds is 3. The Morgan fingerprint density at radius 3 is 2.50 bits per heavy atom. The highest BCUT2D eigenvalue weighted by Gasteiger charge is 2.30. The van der Waals surface area contributed by atoms with E-state index in [1.807, 2.05) is 6.92 Å². The van der Waals surface area contributed by atoms with Gasteiger partial charge in [-0.3, -0.25) is 9.36 Å². The van der Waals surface area contributed by atoms with Crippen LogP contribution in [0.2, 0.25) is 0 Å². The quantitative estimate of drug-likeness (QED) is 0.802. The van der Waals surface area contributed by atoms with Crippen LogP contribution in [-0.4, -0.2) is 10.5 Å². The van der Waals surface area contributed by atoms with Gasteiger partial charge in [-0.1, -0.05) is 13.3 Å². The van der Waals surface area contributed by atoms with Gasteiger partial charge in [-0.25, -0.2) is 0 Å². The van der Waals surface area contributed by atoms with Crippen LogP contribution < -0.4 is 0 Å². The summed E-state index contributed by atoms with van der Waals surface area (Å²) in [4.78, 5) is 11.7. The number of aromatic nitrogens is 1. The van der Waals surface area contributed by atoms with Gasteiger partial charge in [0, 0.05) is 18.0 Å². The molecule has 20 heavy (non-hydrogen) atoms. The van der Waals surface area contributed by atoms with Crippen LogP contribution in [0.15, 0.2) is 24.3 Å². The summed E-state index contributed by atoms with van der Waals surface area (Å²) in [6.45, 7) is 3.45. The van der Waals surface area contributed by atoms with Crippen molar-refractivity contribution in [1.29, 1.82) is 0 Å². The number of benzene rings is 1. The smallest absolute Gasteiger partial charge is 0.284 e. The van der Waals surface area contributed by atoms with Crippen LogP contribution in [0.1, 0.15) is 42.7 Å². The first-order chi connectivity index (χ1) is 9.34. The molecule has 2 aromatic rings. The topological polar surface area (TPSA) is 22.0 Å². The van der Waals surface area contributed by atoms with Gasteiger partial charge in [-0.05, 0) is 37.1 Å². The molecule has 0 saturated carbocycles. The van der Waals surface area contributed by atoms with Gasteiger partial charge >= 0.3 is 6.18 Å². The fraction of sp³-hybridized carbons (Fsp3) is 0.400. The van der Waals surface area contributed by atoms with Crippen molar-refractivity contribution in [1.82, 2.24) is 4.57 Å². The van der Waals surface area contributed by atoms with Crippen molar-refractivity contribution in [2.45, 2.75) is 39.3 Å². The standard InChI is InChI=1S/C15H16F3NO/c1-3-4-5-13-9-11-8-12(15(16,17)18)6-7-14(11)19(13)10(2)20/h6-9H,3-5H2,1-2H3. The lowest BCUT2D eigenvalue weighted by Gasteiger charge is -2.08. The van der Waals surface area contributed by atoms with Crippen LogP contribution in [0, 0.1) is 0 Å². The zero-order chi connectivity index (χ0) is 14.9. The maximum absolute atomic E-state index is 12.7. The van der Waals surface area contributed by atoms with Gasteiger partial charge in [-0.15, -0.1) is 0 Å². The number of carbonyl (C=O) groups excluding carboxylic acids is 1. The normalized spacial score (nSPS) is 12.1. The maximum Gasteiger partial charge on any atom is 0.416 e. The van der Waals surface area contributed by atoms with Gasteiger partial charge < -0.3 is 0 Å². The second kappa shape index (κ2) is 5.31. The number of fused-ring (bicyclic) bond motifs is 1. The second-order valence-corrected chi connectivity index (χ2v) is 4.87. The molecule has 2 nitrogen and oxygen atoms in total. The third-order valence-electron chi connectivity index (χ3n) is 3.31. The molecule has 0 spiro atoms. The third-order valence-corrected chi connectivity index (χ3v) is 3.31. The molecule has 0 amide bonds. The minimum atomic E-state index is -4.36. The van der Waals surface area contributed by atoms with E-state index >= 15 is 0 Å². The molecule has 0 aliphatic heterocycles. The van der Waals surface area contributed by atoms with Crippen molar-refractivity contribution >= 4 is 16.8 Å². The van der Waals surface area contributed by atoms with E-state index in [4.69, 9.17) is 0 Å². The van der Waals surface area contributed by atoms with Crippen molar-refractivity contribution in [2.75, 3.05) is 0 Å². The van der Waals surface area contributed by atoms with Crippen molar-refractivity contribution in [3.63, 3.8) is 0 Å². The minimum absolute atomic E-state index is 0.175. The van der Waals surface area contributed by atoms with E-state index in [0.29, 0.717) is 17.3 Å². The number of carbonyl (C=O) groups is 1. The van der Waals surface area contributed by atoms with Crippen LogP contribution in [0.3, 0.4) is 0 Å². The summed E-state index contributed by atoms with van der Waals surface area (Å²) in [5.41, 5.74) is 0.623. The Labute approximate surface area is 115 Å². The number of nitrogens with zero attached hydrogens (tertiary/aromatic N) is 1. The number of alkyl halides is 3. The predicted molar refractivity (Wildman–Crippen MR) is 71.9 cm³/mol. The lowest BCUT2D eigenvalue weighted by molar-refractivity contribution is -0.137. The first-order valence-corrected chi connectivity index (χ1v) is 6.57. The molecule has 0 saturated heterocycles. The summed E-state index contributed by atoms with van der Waals surface area (Å²) in [6, 6.07) is 5.17. The highest BCUT2D eigenvalue weighted by Crippen LogP contribution is 2.32. The Bertz CT molecular complexity index is 640. The number of hydrogen-bond donors (Lipinski definition) is 0. The molecule has 1 heterocycles. The first kappa shape index (κ1) is 14.6. The maximum atomic E-state index is 12.7. The Morgan fingerprint density at radius 1 is 1.25 bits per heavy atom. The molecule has 0 aliphatic rings. The molecule has 0 atom stereocenters.